The van der Waals surface area contributed by atoms with Crippen LogP contribution in [0.4, 0.5) is 0 Å². The van der Waals surface area contributed by atoms with Gasteiger partial charge in [0.1, 0.15) is 5.69 Å². The molecule has 0 bridgehead atoms. The molecular weight excluding hydrogens is 224 g/mol. The highest BCUT2D eigenvalue weighted by atomic mass is 16.6. The van der Waals surface area contributed by atoms with Gasteiger partial charge < -0.3 is 5.11 Å². The van der Waals surface area contributed by atoms with Crippen molar-refractivity contribution in [1.29, 1.82) is 0 Å². The SMILES string of the molecule is O=C(O)C(c1ccc2ccccc2n1)[N+](=O)[O-]. The number of carbonyl (C=O) groups is 1. The average molecular weight is 232 g/mol. The standard InChI is InChI=1S/C11H8N2O4/c14-11(15)10(13(16)17)9-6-5-7-3-1-2-4-8(7)12-9/h1-6,10H,(H,14,15). The third kappa shape index (κ3) is 2.05. The largest absolute Gasteiger partial charge is 0.476 e. The zero-order valence-electron chi connectivity index (χ0n) is 8.61. The lowest BCUT2D eigenvalue weighted by Gasteiger charge is -2.05. The molecule has 6 nitrogen and oxygen atoms in total. The first-order chi connectivity index (χ1) is 8.09. The van der Waals surface area contributed by atoms with E-state index in [1.807, 2.05) is 6.07 Å². The number of nitrogens with zero attached hydrogens (tertiary/aromatic N) is 2. The van der Waals surface area contributed by atoms with Crippen molar-refractivity contribution in [3.63, 3.8) is 0 Å². The summed E-state index contributed by atoms with van der Waals surface area (Å²) in [5.74, 6) is -1.52. The molecule has 1 aromatic heterocycles. The third-order valence-electron chi connectivity index (χ3n) is 2.34. The number of fused-ring (bicyclic) bond motifs is 1. The van der Waals surface area contributed by atoms with Gasteiger partial charge in [0.2, 0.25) is 0 Å². The number of hydrogen-bond donors (Lipinski definition) is 1. The van der Waals surface area contributed by atoms with Crippen molar-refractivity contribution in [2.45, 2.75) is 6.04 Å². The molecule has 0 aliphatic heterocycles. The minimum atomic E-state index is -1.82. The Hall–Kier alpha value is -2.50. The van der Waals surface area contributed by atoms with Crippen LogP contribution in [0.1, 0.15) is 11.7 Å². The topological polar surface area (TPSA) is 93.3 Å². The van der Waals surface area contributed by atoms with Crippen LogP contribution < -0.4 is 0 Å². The Labute approximate surface area is 95.7 Å². The maximum atomic E-state index is 10.8. The van der Waals surface area contributed by atoms with Gasteiger partial charge in [0.15, 0.2) is 0 Å². The summed E-state index contributed by atoms with van der Waals surface area (Å²) >= 11 is 0. The molecule has 1 heterocycles. The van der Waals surface area contributed by atoms with Crippen molar-refractivity contribution >= 4 is 16.9 Å². The molecule has 2 rings (SSSR count). The number of nitro groups is 1. The molecule has 0 aliphatic rings. The zero-order valence-corrected chi connectivity index (χ0v) is 8.61. The van der Waals surface area contributed by atoms with Gasteiger partial charge in [0.05, 0.1) is 5.52 Å². The molecule has 86 valence electrons. The van der Waals surface area contributed by atoms with E-state index in [-0.39, 0.29) is 5.69 Å². The fourth-order valence-electron chi connectivity index (χ4n) is 1.56. The summed E-state index contributed by atoms with van der Waals surface area (Å²) in [6.07, 6.45) is 0. The van der Waals surface area contributed by atoms with Crippen molar-refractivity contribution < 1.29 is 14.8 Å². The van der Waals surface area contributed by atoms with Crippen molar-refractivity contribution in [2.24, 2.45) is 0 Å². The second kappa shape index (κ2) is 4.17. The predicted molar refractivity (Wildman–Crippen MR) is 59.1 cm³/mol. The number of rotatable bonds is 3. The summed E-state index contributed by atoms with van der Waals surface area (Å²) in [5, 5.41) is 20.3. The molecule has 6 heteroatoms. The van der Waals surface area contributed by atoms with Crippen LogP contribution in [0.25, 0.3) is 10.9 Å². The normalized spacial score (nSPS) is 12.2. The van der Waals surface area contributed by atoms with Gasteiger partial charge in [-0.15, -0.1) is 0 Å². The van der Waals surface area contributed by atoms with Crippen LogP contribution in [-0.4, -0.2) is 21.0 Å². The Morgan fingerprint density at radius 1 is 1.29 bits per heavy atom. The first-order valence-corrected chi connectivity index (χ1v) is 4.81. The van der Waals surface area contributed by atoms with Crippen molar-refractivity contribution in [3.05, 3.63) is 52.2 Å². The first-order valence-electron chi connectivity index (χ1n) is 4.81. The van der Waals surface area contributed by atoms with Crippen LogP contribution in [0.2, 0.25) is 0 Å². The van der Waals surface area contributed by atoms with Crippen LogP contribution in [0.5, 0.6) is 0 Å². The number of hydrogen-bond acceptors (Lipinski definition) is 4. The summed E-state index contributed by atoms with van der Waals surface area (Å²) in [4.78, 5) is 24.6. The molecule has 1 atom stereocenters. The van der Waals surface area contributed by atoms with Crippen molar-refractivity contribution in [3.8, 4) is 0 Å². The summed E-state index contributed by atoms with van der Waals surface area (Å²) in [7, 11) is 0. The van der Waals surface area contributed by atoms with E-state index >= 15 is 0 Å². The van der Waals surface area contributed by atoms with Crippen molar-refractivity contribution in [2.75, 3.05) is 0 Å². The van der Waals surface area contributed by atoms with Crippen LogP contribution >= 0.6 is 0 Å². The number of benzene rings is 1. The van der Waals surface area contributed by atoms with E-state index in [0.29, 0.717) is 5.52 Å². The molecule has 0 saturated carbocycles. The molecule has 0 fully saturated rings. The number of para-hydroxylation sites is 1. The first kappa shape index (κ1) is 11.0. The van der Waals surface area contributed by atoms with E-state index in [4.69, 9.17) is 5.11 Å². The van der Waals surface area contributed by atoms with Gasteiger partial charge in [-0.25, -0.2) is 9.78 Å². The quantitative estimate of drug-likeness (QED) is 0.641. The highest BCUT2D eigenvalue weighted by Crippen LogP contribution is 2.18. The lowest BCUT2D eigenvalue weighted by molar-refractivity contribution is -0.516. The molecule has 0 saturated heterocycles. The van der Waals surface area contributed by atoms with Crippen molar-refractivity contribution in [1.82, 2.24) is 4.98 Å². The highest BCUT2D eigenvalue weighted by Gasteiger charge is 2.32. The van der Waals surface area contributed by atoms with E-state index in [1.54, 1.807) is 24.3 Å². The highest BCUT2D eigenvalue weighted by molar-refractivity contribution is 5.80. The minimum Gasteiger partial charge on any atom is -0.476 e. The lowest BCUT2D eigenvalue weighted by Crippen LogP contribution is -2.21. The molecular formula is C11H8N2O4. The van der Waals surface area contributed by atoms with Gasteiger partial charge in [0, 0.05) is 10.3 Å². The molecule has 1 aromatic carbocycles. The second-order valence-electron chi connectivity index (χ2n) is 3.45. The van der Waals surface area contributed by atoms with Gasteiger partial charge in [-0.3, -0.25) is 10.1 Å². The molecule has 1 unspecified atom stereocenters. The fraction of sp³-hybridized carbons (Fsp3) is 0.0909. The fourth-order valence-corrected chi connectivity index (χ4v) is 1.56. The van der Waals surface area contributed by atoms with Gasteiger partial charge in [-0.05, 0) is 12.1 Å². The maximum absolute atomic E-state index is 10.8. The molecule has 17 heavy (non-hydrogen) atoms. The van der Waals surface area contributed by atoms with E-state index in [0.717, 1.165) is 5.39 Å². The Morgan fingerprint density at radius 3 is 2.65 bits per heavy atom. The Morgan fingerprint density at radius 2 is 2.00 bits per heavy atom. The molecule has 0 aliphatic carbocycles. The number of pyridine rings is 1. The van der Waals surface area contributed by atoms with Crippen LogP contribution in [0.15, 0.2) is 36.4 Å². The Kier molecular flexibility index (Phi) is 2.70. The molecule has 0 amide bonds. The molecule has 2 aromatic rings. The van der Waals surface area contributed by atoms with E-state index in [2.05, 4.69) is 4.98 Å². The molecule has 0 radical (unpaired) electrons. The van der Waals surface area contributed by atoms with Gasteiger partial charge >= 0.3 is 12.0 Å². The number of carboxylic acid groups (broad SMARTS) is 1. The maximum Gasteiger partial charge on any atom is 0.385 e. The number of aliphatic carboxylic acids is 1. The zero-order chi connectivity index (χ0) is 12.4. The monoisotopic (exact) mass is 232 g/mol. The lowest BCUT2D eigenvalue weighted by atomic mass is 10.1. The van der Waals surface area contributed by atoms with Gasteiger partial charge in [-0.1, -0.05) is 24.3 Å². The summed E-state index contributed by atoms with van der Waals surface area (Å²) in [6.45, 7) is 0. The molecule has 0 spiro atoms. The second-order valence-corrected chi connectivity index (χ2v) is 3.45. The molecule has 1 N–H and O–H groups in total. The van der Waals surface area contributed by atoms with E-state index in [1.165, 1.54) is 6.07 Å². The average Bonchev–Trinajstić information content (AvgIpc) is 2.28. The van der Waals surface area contributed by atoms with Crippen LogP contribution in [-0.2, 0) is 4.79 Å². The Balaban J connectivity index is 2.55. The number of aromatic nitrogens is 1. The number of carboxylic acids is 1. The van der Waals surface area contributed by atoms with E-state index < -0.39 is 16.9 Å². The van der Waals surface area contributed by atoms with Crippen LogP contribution in [0.3, 0.4) is 0 Å². The minimum absolute atomic E-state index is 0.0683. The Bertz CT molecular complexity index is 583. The third-order valence-corrected chi connectivity index (χ3v) is 2.34. The van der Waals surface area contributed by atoms with Gasteiger partial charge in [0.25, 0.3) is 0 Å². The van der Waals surface area contributed by atoms with E-state index in [9.17, 15) is 14.9 Å². The van der Waals surface area contributed by atoms with Gasteiger partial charge in [-0.2, -0.15) is 0 Å². The smallest absolute Gasteiger partial charge is 0.385 e. The summed E-state index contributed by atoms with van der Waals surface area (Å²) in [5.41, 5.74) is 0.472. The summed E-state index contributed by atoms with van der Waals surface area (Å²) < 4.78 is 0. The predicted octanol–water partition coefficient (Wildman–Crippen LogP) is 1.64. The summed E-state index contributed by atoms with van der Waals surface area (Å²) in [6, 6.07) is 8.19. The van der Waals surface area contributed by atoms with Crippen LogP contribution in [0, 0.1) is 10.1 Å².